The molecule has 4 aliphatic carbocycles. The van der Waals surface area contributed by atoms with E-state index in [1.54, 1.807) is 12.5 Å². The lowest BCUT2D eigenvalue weighted by atomic mass is 9.47. The number of hydrogen-bond donors (Lipinski definition) is 0. The minimum Gasteiger partial charge on any atom is -0.462 e. The maximum atomic E-state index is 11.5. The summed E-state index contributed by atoms with van der Waals surface area (Å²) in [5.41, 5.74) is 2.28. The summed E-state index contributed by atoms with van der Waals surface area (Å²) in [6.07, 6.45) is 13.2. The van der Waals surface area contributed by atoms with E-state index >= 15 is 0 Å². The zero-order valence-corrected chi connectivity index (χ0v) is 21.3. The van der Waals surface area contributed by atoms with Crippen LogP contribution < -0.4 is 0 Å². The number of esters is 1. The second-order valence-electron chi connectivity index (χ2n) is 13.3. The van der Waals surface area contributed by atoms with Gasteiger partial charge in [0.15, 0.2) is 0 Å². The molecule has 0 amide bonds. The second-order valence-corrected chi connectivity index (χ2v) is 13.3. The van der Waals surface area contributed by atoms with Crippen molar-refractivity contribution in [3.05, 3.63) is 11.6 Å². The Morgan fingerprint density at radius 1 is 1.09 bits per heavy atom. The molecule has 184 valence electrons. The van der Waals surface area contributed by atoms with E-state index in [9.17, 15) is 4.79 Å². The van der Waals surface area contributed by atoms with Gasteiger partial charge in [-0.05, 0) is 91.3 Å². The van der Waals surface area contributed by atoms with Crippen LogP contribution in [0.4, 0.5) is 0 Å². The minimum atomic E-state index is -0.131. The van der Waals surface area contributed by atoms with Gasteiger partial charge in [0, 0.05) is 20.0 Å². The van der Waals surface area contributed by atoms with Crippen LogP contribution in [0.25, 0.3) is 0 Å². The highest BCUT2D eigenvalue weighted by Crippen LogP contribution is 2.69. The Morgan fingerprint density at radius 2 is 1.91 bits per heavy atom. The maximum Gasteiger partial charge on any atom is 0.302 e. The molecule has 3 saturated carbocycles. The SMILES string of the molecule is CC(=O)O[C@H]1CC[C@@]2(C)C(=CC[C@H]3[C@@H]4C[C@@H]5O[C@@H]([C@H]6C[C@@H](C)CO6)[C@@H](C)[C@@H]5[C@@]4(C)CC[C@@H]32)C1. The molecular formula is C29H44O4. The van der Waals surface area contributed by atoms with Crippen molar-refractivity contribution in [3.63, 3.8) is 0 Å². The van der Waals surface area contributed by atoms with E-state index in [-0.39, 0.29) is 12.1 Å². The zero-order chi connectivity index (χ0) is 23.1. The van der Waals surface area contributed by atoms with Gasteiger partial charge in [0.05, 0.1) is 18.3 Å². The standard InChI is InChI=1S/C29H44O4/c1-16-12-25(31-15-16)27-17(2)26-24(33-27)14-23-21-7-6-19-13-20(32-18(3)30)8-10-28(19,4)22(21)9-11-29(23,26)5/h6,16-17,20-27H,7-15H2,1-5H3/t16-,17+,20+,21-,22+,23+,24+,25-,26+,27-,28+,29+/m1/s1. The van der Waals surface area contributed by atoms with Crippen LogP contribution in [-0.4, -0.2) is 37.0 Å². The molecule has 2 aliphatic heterocycles. The summed E-state index contributed by atoms with van der Waals surface area (Å²) in [5.74, 6) is 4.16. The summed E-state index contributed by atoms with van der Waals surface area (Å²) in [4.78, 5) is 11.5. The Morgan fingerprint density at radius 3 is 2.64 bits per heavy atom. The van der Waals surface area contributed by atoms with Crippen LogP contribution >= 0.6 is 0 Å². The molecule has 0 spiro atoms. The first-order valence-corrected chi connectivity index (χ1v) is 13.8. The molecule has 0 aromatic rings. The Bertz CT molecular complexity index is 835. The number of carbonyl (C=O) groups excluding carboxylic acids is 1. The molecule has 6 aliphatic rings. The van der Waals surface area contributed by atoms with Gasteiger partial charge in [-0.1, -0.05) is 39.3 Å². The highest BCUT2D eigenvalue weighted by molar-refractivity contribution is 5.66. The quantitative estimate of drug-likeness (QED) is 0.381. The van der Waals surface area contributed by atoms with Crippen molar-refractivity contribution < 1.29 is 19.0 Å². The molecule has 5 fully saturated rings. The summed E-state index contributed by atoms with van der Waals surface area (Å²) < 4.78 is 18.7. The number of hydrogen-bond acceptors (Lipinski definition) is 4. The fourth-order valence-electron chi connectivity index (χ4n) is 10.1. The van der Waals surface area contributed by atoms with E-state index in [4.69, 9.17) is 14.2 Å². The Labute approximate surface area is 200 Å². The first-order chi connectivity index (χ1) is 15.7. The van der Waals surface area contributed by atoms with Crippen molar-refractivity contribution in [1.82, 2.24) is 0 Å². The van der Waals surface area contributed by atoms with Crippen LogP contribution in [0.3, 0.4) is 0 Å². The molecule has 0 aromatic carbocycles. The van der Waals surface area contributed by atoms with Gasteiger partial charge in [-0.15, -0.1) is 0 Å². The normalized spacial score (nSPS) is 55.2. The lowest BCUT2D eigenvalue weighted by Gasteiger charge is -2.58. The largest absolute Gasteiger partial charge is 0.462 e. The Kier molecular flexibility index (Phi) is 5.35. The van der Waals surface area contributed by atoms with Crippen molar-refractivity contribution in [2.24, 2.45) is 46.3 Å². The predicted octanol–water partition coefficient (Wildman–Crippen LogP) is 5.94. The lowest BCUT2D eigenvalue weighted by Crippen LogP contribution is -2.51. The molecule has 0 bridgehead atoms. The number of allylic oxidation sites excluding steroid dienone is 1. The van der Waals surface area contributed by atoms with Gasteiger partial charge in [0.25, 0.3) is 0 Å². The first-order valence-electron chi connectivity index (χ1n) is 13.8. The van der Waals surface area contributed by atoms with E-state index in [2.05, 4.69) is 33.8 Å². The van der Waals surface area contributed by atoms with Crippen molar-refractivity contribution >= 4 is 5.97 Å². The number of fused-ring (bicyclic) bond motifs is 7. The maximum absolute atomic E-state index is 11.5. The van der Waals surface area contributed by atoms with E-state index in [0.717, 1.165) is 37.2 Å². The number of carbonyl (C=O) groups is 1. The summed E-state index contributed by atoms with van der Waals surface area (Å²) in [7, 11) is 0. The lowest BCUT2D eigenvalue weighted by molar-refractivity contribution is -0.148. The monoisotopic (exact) mass is 456 g/mol. The van der Waals surface area contributed by atoms with Crippen molar-refractivity contribution in [2.45, 2.75) is 110 Å². The first kappa shape index (κ1) is 22.6. The summed E-state index contributed by atoms with van der Waals surface area (Å²) in [5, 5.41) is 0. The smallest absolute Gasteiger partial charge is 0.302 e. The van der Waals surface area contributed by atoms with Crippen LogP contribution in [0.1, 0.15) is 86.0 Å². The van der Waals surface area contributed by atoms with Crippen molar-refractivity contribution in [2.75, 3.05) is 6.61 Å². The molecule has 2 saturated heterocycles. The molecule has 0 N–H and O–H groups in total. The highest BCUT2D eigenvalue weighted by atomic mass is 16.6. The Hall–Kier alpha value is -0.870. The number of rotatable bonds is 2. The van der Waals surface area contributed by atoms with Gasteiger partial charge in [0.2, 0.25) is 0 Å². The molecule has 6 rings (SSSR count). The van der Waals surface area contributed by atoms with Gasteiger partial charge in [-0.3, -0.25) is 4.79 Å². The average Bonchev–Trinajstić information content (AvgIpc) is 3.41. The number of ether oxygens (including phenoxy) is 3. The van der Waals surface area contributed by atoms with Crippen molar-refractivity contribution in [3.8, 4) is 0 Å². The zero-order valence-electron chi connectivity index (χ0n) is 21.3. The topological polar surface area (TPSA) is 44.8 Å². The minimum absolute atomic E-state index is 0.0878. The van der Waals surface area contributed by atoms with Gasteiger partial charge >= 0.3 is 5.97 Å². The van der Waals surface area contributed by atoms with E-state index < -0.39 is 0 Å². The van der Waals surface area contributed by atoms with Gasteiger partial charge in [-0.2, -0.15) is 0 Å². The molecule has 2 heterocycles. The van der Waals surface area contributed by atoms with Crippen LogP contribution in [0.2, 0.25) is 0 Å². The second kappa shape index (κ2) is 7.82. The van der Waals surface area contributed by atoms with Crippen LogP contribution in [0.5, 0.6) is 0 Å². The molecule has 0 aromatic heterocycles. The molecule has 4 heteroatoms. The fourth-order valence-corrected chi connectivity index (χ4v) is 10.1. The third-order valence-electron chi connectivity index (χ3n) is 11.5. The average molecular weight is 457 g/mol. The molecule has 0 unspecified atom stereocenters. The molecule has 12 atom stereocenters. The molecular weight excluding hydrogens is 412 g/mol. The van der Waals surface area contributed by atoms with E-state index in [1.165, 1.54) is 38.5 Å². The Balaban J connectivity index is 1.22. The van der Waals surface area contributed by atoms with Crippen LogP contribution in [-0.2, 0) is 19.0 Å². The fraction of sp³-hybridized carbons (Fsp3) is 0.897. The third kappa shape index (κ3) is 3.33. The molecule has 33 heavy (non-hydrogen) atoms. The van der Waals surface area contributed by atoms with Crippen molar-refractivity contribution in [1.29, 1.82) is 0 Å². The highest BCUT2D eigenvalue weighted by Gasteiger charge is 2.65. The summed E-state index contributed by atoms with van der Waals surface area (Å²) in [6, 6.07) is 0. The van der Waals surface area contributed by atoms with E-state index in [0.29, 0.717) is 46.9 Å². The van der Waals surface area contributed by atoms with Crippen LogP contribution in [0.15, 0.2) is 11.6 Å². The summed E-state index contributed by atoms with van der Waals surface area (Å²) in [6.45, 7) is 12.4. The van der Waals surface area contributed by atoms with Gasteiger partial charge in [0.1, 0.15) is 6.10 Å². The van der Waals surface area contributed by atoms with Gasteiger partial charge in [-0.25, -0.2) is 0 Å². The predicted molar refractivity (Wildman–Crippen MR) is 127 cm³/mol. The van der Waals surface area contributed by atoms with Crippen LogP contribution in [0, 0.1) is 46.3 Å². The molecule has 4 nitrogen and oxygen atoms in total. The van der Waals surface area contributed by atoms with Gasteiger partial charge < -0.3 is 14.2 Å². The third-order valence-corrected chi connectivity index (χ3v) is 11.5. The molecule has 0 radical (unpaired) electrons. The summed E-state index contributed by atoms with van der Waals surface area (Å²) >= 11 is 0. The van der Waals surface area contributed by atoms with E-state index in [1.807, 2.05) is 0 Å².